The Labute approximate surface area is 111 Å². The number of nitrogens with zero attached hydrogens (tertiary/aromatic N) is 1. The second-order valence-corrected chi connectivity index (χ2v) is 4.03. The van der Waals surface area contributed by atoms with Gasteiger partial charge in [-0.05, 0) is 6.42 Å². The molecule has 19 heavy (non-hydrogen) atoms. The van der Waals surface area contributed by atoms with Crippen LogP contribution in [0.4, 0.5) is 4.79 Å². The van der Waals surface area contributed by atoms with E-state index >= 15 is 0 Å². The Hall–Kier alpha value is -1.83. The first-order chi connectivity index (χ1) is 8.90. The molecule has 0 aliphatic heterocycles. The minimum Gasteiger partial charge on any atom is -0.480 e. The van der Waals surface area contributed by atoms with E-state index in [2.05, 4.69) is 5.32 Å². The first-order valence-corrected chi connectivity index (χ1v) is 5.88. The van der Waals surface area contributed by atoms with Gasteiger partial charge in [0.15, 0.2) is 0 Å². The SMILES string of the molecule is CCCC(COC)NC(=O)N(CC(=O)O)CC(=O)O. The molecule has 0 bridgehead atoms. The average Bonchev–Trinajstić information content (AvgIpc) is 2.27. The fourth-order valence-corrected chi connectivity index (χ4v) is 1.54. The highest BCUT2D eigenvalue weighted by molar-refractivity contribution is 5.84. The maximum atomic E-state index is 11.8. The van der Waals surface area contributed by atoms with Crippen LogP contribution in [-0.2, 0) is 14.3 Å². The molecule has 0 spiro atoms. The van der Waals surface area contributed by atoms with Gasteiger partial charge in [-0.3, -0.25) is 9.59 Å². The Kier molecular flexibility index (Phi) is 8.27. The molecule has 0 radical (unpaired) electrons. The van der Waals surface area contributed by atoms with Crippen molar-refractivity contribution in [2.24, 2.45) is 0 Å². The number of carboxylic acids is 2. The van der Waals surface area contributed by atoms with Gasteiger partial charge in [0.2, 0.25) is 0 Å². The van der Waals surface area contributed by atoms with E-state index in [0.717, 1.165) is 11.3 Å². The van der Waals surface area contributed by atoms with Crippen molar-refractivity contribution in [1.82, 2.24) is 10.2 Å². The van der Waals surface area contributed by atoms with Crippen molar-refractivity contribution in [2.45, 2.75) is 25.8 Å². The Morgan fingerprint density at radius 2 is 1.74 bits per heavy atom. The van der Waals surface area contributed by atoms with E-state index in [0.29, 0.717) is 6.42 Å². The molecule has 0 fully saturated rings. The summed E-state index contributed by atoms with van der Waals surface area (Å²) in [6.45, 7) is 0.891. The van der Waals surface area contributed by atoms with Crippen LogP contribution >= 0.6 is 0 Å². The van der Waals surface area contributed by atoms with Gasteiger partial charge in [0.05, 0.1) is 12.6 Å². The van der Waals surface area contributed by atoms with Crippen molar-refractivity contribution >= 4 is 18.0 Å². The van der Waals surface area contributed by atoms with E-state index in [1.165, 1.54) is 7.11 Å². The largest absolute Gasteiger partial charge is 0.480 e. The molecule has 0 aromatic rings. The molecule has 1 unspecified atom stereocenters. The Bertz CT molecular complexity index is 298. The number of hydrogen-bond acceptors (Lipinski definition) is 4. The molecule has 0 aliphatic carbocycles. The summed E-state index contributed by atoms with van der Waals surface area (Å²) >= 11 is 0. The van der Waals surface area contributed by atoms with Crippen LogP contribution in [0.5, 0.6) is 0 Å². The Morgan fingerprint density at radius 3 is 2.11 bits per heavy atom. The third-order valence-corrected chi connectivity index (χ3v) is 2.27. The summed E-state index contributed by atoms with van der Waals surface area (Å²) in [6.07, 6.45) is 1.47. The summed E-state index contributed by atoms with van der Waals surface area (Å²) in [5, 5.41) is 19.9. The zero-order chi connectivity index (χ0) is 14.8. The number of carboxylic acid groups (broad SMARTS) is 2. The minimum absolute atomic E-state index is 0.271. The number of urea groups is 1. The van der Waals surface area contributed by atoms with Gasteiger partial charge in [-0.15, -0.1) is 0 Å². The van der Waals surface area contributed by atoms with E-state index in [9.17, 15) is 14.4 Å². The van der Waals surface area contributed by atoms with Crippen LogP contribution in [0.3, 0.4) is 0 Å². The lowest BCUT2D eigenvalue weighted by atomic mass is 10.2. The number of carbonyl (C=O) groups excluding carboxylic acids is 1. The molecule has 0 aromatic heterocycles. The average molecular weight is 276 g/mol. The van der Waals surface area contributed by atoms with Crippen LogP contribution in [0.1, 0.15) is 19.8 Å². The van der Waals surface area contributed by atoms with Crippen LogP contribution in [0.15, 0.2) is 0 Å². The van der Waals surface area contributed by atoms with Crippen LogP contribution < -0.4 is 5.32 Å². The van der Waals surface area contributed by atoms with E-state index in [4.69, 9.17) is 14.9 Å². The number of ether oxygens (including phenoxy) is 1. The highest BCUT2D eigenvalue weighted by atomic mass is 16.5. The standard InChI is InChI=1S/C11H20N2O6/c1-3-4-8(7-19-2)12-11(18)13(5-9(14)15)6-10(16)17/h8H,3-7H2,1-2H3,(H,12,18)(H,14,15)(H,16,17). The summed E-state index contributed by atoms with van der Waals surface area (Å²) in [7, 11) is 1.49. The van der Waals surface area contributed by atoms with Gasteiger partial charge in [0.1, 0.15) is 13.1 Å². The molecule has 2 amide bonds. The van der Waals surface area contributed by atoms with Crippen molar-refractivity contribution in [3.05, 3.63) is 0 Å². The molecule has 0 saturated heterocycles. The molecular weight excluding hydrogens is 256 g/mol. The predicted octanol–water partition coefficient (Wildman–Crippen LogP) is -0.0177. The summed E-state index contributed by atoms with van der Waals surface area (Å²) in [6, 6.07) is -0.993. The van der Waals surface area contributed by atoms with Crippen molar-refractivity contribution in [3.63, 3.8) is 0 Å². The van der Waals surface area contributed by atoms with Crippen molar-refractivity contribution in [3.8, 4) is 0 Å². The first kappa shape index (κ1) is 17.2. The molecule has 3 N–H and O–H groups in total. The van der Waals surface area contributed by atoms with Gasteiger partial charge in [-0.1, -0.05) is 13.3 Å². The van der Waals surface area contributed by atoms with Crippen LogP contribution in [0, 0.1) is 0 Å². The van der Waals surface area contributed by atoms with Gasteiger partial charge in [0.25, 0.3) is 0 Å². The lowest BCUT2D eigenvalue weighted by molar-refractivity contribution is -0.140. The second kappa shape index (κ2) is 9.15. The summed E-state index contributed by atoms with van der Waals surface area (Å²) in [5.41, 5.74) is 0. The van der Waals surface area contributed by atoms with Crippen molar-refractivity contribution in [1.29, 1.82) is 0 Å². The molecule has 1 atom stereocenters. The molecule has 0 heterocycles. The number of hydrogen-bond donors (Lipinski definition) is 3. The topological polar surface area (TPSA) is 116 Å². The van der Waals surface area contributed by atoms with E-state index in [1.54, 1.807) is 0 Å². The number of aliphatic carboxylic acids is 2. The monoisotopic (exact) mass is 276 g/mol. The van der Waals surface area contributed by atoms with Gasteiger partial charge >= 0.3 is 18.0 Å². The van der Waals surface area contributed by atoms with Crippen LogP contribution in [-0.4, -0.2) is 65.9 Å². The summed E-state index contributed by atoms with van der Waals surface area (Å²) in [4.78, 5) is 33.7. The Balaban J connectivity index is 4.58. The number of rotatable bonds is 9. The number of nitrogens with one attached hydrogen (secondary N) is 1. The first-order valence-electron chi connectivity index (χ1n) is 5.88. The van der Waals surface area contributed by atoms with Gasteiger partial charge < -0.3 is 25.2 Å². The number of carbonyl (C=O) groups is 3. The number of methoxy groups -OCH3 is 1. The Morgan fingerprint density at radius 1 is 1.21 bits per heavy atom. The highest BCUT2D eigenvalue weighted by Crippen LogP contribution is 1.99. The fraction of sp³-hybridized carbons (Fsp3) is 0.727. The quantitative estimate of drug-likeness (QED) is 0.545. The number of amides is 2. The van der Waals surface area contributed by atoms with Gasteiger partial charge in [-0.25, -0.2) is 4.79 Å². The maximum absolute atomic E-state index is 11.8. The zero-order valence-corrected chi connectivity index (χ0v) is 11.1. The molecule has 110 valence electrons. The highest BCUT2D eigenvalue weighted by Gasteiger charge is 2.21. The molecular formula is C11H20N2O6. The third kappa shape index (κ3) is 7.98. The molecule has 8 heteroatoms. The normalized spacial score (nSPS) is 11.7. The molecule has 0 saturated carbocycles. The van der Waals surface area contributed by atoms with Gasteiger partial charge in [0, 0.05) is 7.11 Å². The van der Waals surface area contributed by atoms with E-state index in [1.807, 2.05) is 6.92 Å². The zero-order valence-electron chi connectivity index (χ0n) is 11.1. The van der Waals surface area contributed by atoms with Crippen LogP contribution in [0.25, 0.3) is 0 Å². The van der Waals surface area contributed by atoms with E-state index in [-0.39, 0.29) is 12.6 Å². The van der Waals surface area contributed by atoms with Crippen molar-refractivity contribution in [2.75, 3.05) is 26.8 Å². The smallest absolute Gasteiger partial charge is 0.323 e. The molecule has 0 rings (SSSR count). The lowest BCUT2D eigenvalue weighted by Gasteiger charge is -2.23. The fourth-order valence-electron chi connectivity index (χ4n) is 1.54. The maximum Gasteiger partial charge on any atom is 0.323 e. The molecule has 8 nitrogen and oxygen atoms in total. The van der Waals surface area contributed by atoms with Crippen LogP contribution in [0.2, 0.25) is 0 Å². The second-order valence-electron chi connectivity index (χ2n) is 4.03. The molecule has 0 aliphatic rings. The predicted molar refractivity (Wildman–Crippen MR) is 65.9 cm³/mol. The summed E-state index contributed by atoms with van der Waals surface area (Å²) in [5.74, 6) is -2.54. The van der Waals surface area contributed by atoms with Gasteiger partial charge in [-0.2, -0.15) is 0 Å². The van der Waals surface area contributed by atoms with Crippen molar-refractivity contribution < 1.29 is 29.3 Å². The lowest BCUT2D eigenvalue weighted by Crippen LogP contribution is -2.49. The molecule has 0 aromatic carbocycles. The summed E-state index contributed by atoms with van der Waals surface area (Å²) < 4.78 is 4.93. The third-order valence-electron chi connectivity index (χ3n) is 2.27. The van der Waals surface area contributed by atoms with E-state index < -0.39 is 31.1 Å². The minimum atomic E-state index is -1.27.